The molecule has 8 nitrogen and oxygen atoms in total. The zero-order valence-corrected chi connectivity index (χ0v) is 26.9. The Balaban J connectivity index is 1.47. The number of para-hydroxylation sites is 1. The van der Waals surface area contributed by atoms with Crippen molar-refractivity contribution in [3.8, 4) is 28.7 Å². The first-order valence-electron chi connectivity index (χ1n) is 14.5. The lowest BCUT2D eigenvalue weighted by Gasteiger charge is -2.23. The Bertz CT molecular complexity index is 1550. The van der Waals surface area contributed by atoms with Crippen LogP contribution < -0.4 is 23.7 Å². The van der Waals surface area contributed by atoms with E-state index in [0.29, 0.717) is 58.0 Å². The van der Waals surface area contributed by atoms with Crippen LogP contribution in [-0.4, -0.2) is 57.3 Å². The van der Waals surface area contributed by atoms with Crippen molar-refractivity contribution < 1.29 is 33.3 Å². The summed E-state index contributed by atoms with van der Waals surface area (Å²) in [7, 11) is 3.19. The maximum atomic E-state index is 13.0. The fourth-order valence-electron chi connectivity index (χ4n) is 4.54. The summed E-state index contributed by atoms with van der Waals surface area (Å²) in [6, 6.07) is 23.4. The van der Waals surface area contributed by atoms with E-state index < -0.39 is 11.9 Å². The van der Waals surface area contributed by atoms with Gasteiger partial charge in [-0.3, -0.25) is 4.90 Å². The third-order valence-electron chi connectivity index (χ3n) is 6.87. The average molecular weight is 653 g/mol. The van der Waals surface area contributed by atoms with Gasteiger partial charge < -0.3 is 23.7 Å². The largest absolute Gasteiger partial charge is 0.493 e. The Kier molecular flexibility index (Phi) is 12.5. The molecule has 0 atom stereocenters. The lowest BCUT2D eigenvalue weighted by Crippen LogP contribution is -2.31. The second kappa shape index (κ2) is 16.7. The highest BCUT2D eigenvalue weighted by Gasteiger charge is 2.18. The van der Waals surface area contributed by atoms with Crippen LogP contribution in [0, 0.1) is 0 Å². The van der Waals surface area contributed by atoms with E-state index in [1.54, 1.807) is 74.9 Å². The van der Waals surface area contributed by atoms with Crippen LogP contribution >= 0.6 is 23.2 Å². The van der Waals surface area contributed by atoms with Crippen molar-refractivity contribution in [2.45, 2.75) is 19.8 Å². The Morgan fingerprint density at radius 1 is 0.667 bits per heavy atom. The SMILES string of the molecule is CCCN(CCOc1c(OC)cccc1OC)CCc1ccc(OC(=O)c2ccc(Cl)cc2)c(OC(=O)c2ccc(Cl)cc2)c1. The van der Waals surface area contributed by atoms with Crippen molar-refractivity contribution in [1.82, 2.24) is 4.90 Å². The number of hydrogen-bond acceptors (Lipinski definition) is 8. The molecule has 0 radical (unpaired) electrons. The molecule has 4 aromatic carbocycles. The third kappa shape index (κ3) is 9.62. The summed E-state index contributed by atoms with van der Waals surface area (Å²) in [5, 5.41) is 0.992. The van der Waals surface area contributed by atoms with Crippen LogP contribution in [0.25, 0.3) is 0 Å². The summed E-state index contributed by atoms with van der Waals surface area (Å²) >= 11 is 11.9. The van der Waals surface area contributed by atoms with E-state index in [0.717, 1.165) is 25.1 Å². The van der Waals surface area contributed by atoms with Gasteiger partial charge in [0.05, 0.1) is 25.3 Å². The number of esters is 2. The second-order valence-electron chi connectivity index (χ2n) is 10.0. The first-order valence-corrected chi connectivity index (χ1v) is 15.2. The summed E-state index contributed by atoms with van der Waals surface area (Å²) in [6.45, 7) is 4.80. The number of methoxy groups -OCH3 is 2. The highest BCUT2D eigenvalue weighted by Crippen LogP contribution is 2.36. The zero-order chi connectivity index (χ0) is 32.2. The first kappa shape index (κ1) is 33.6. The van der Waals surface area contributed by atoms with Crippen LogP contribution in [0.4, 0.5) is 0 Å². The smallest absolute Gasteiger partial charge is 0.343 e. The van der Waals surface area contributed by atoms with E-state index >= 15 is 0 Å². The Morgan fingerprint density at radius 2 is 1.22 bits per heavy atom. The number of carbonyl (C=O) groups excluding carboxylic acids is 2. The van der Waals surface area contributed by atoms with Gasteiger partial charge in [0.15, 0.2) is 23.0 Å². The Labute approximate surface area is 273 Å². The molecule has 0 saturated carbocycles. The van der Waals surface area contributed by atoms with Gasteiger partial charge in [0.2, 0.25) is 5.75 Å². The van der Waals surface area contributed by atoms with Gasteiger partial charge in [0.1, 0.15) is 6.61 Å². The predicted molar refractivity (Wildman–Crippen MR) is 175 cm³/mol. The monoisotopic (exact) mass is 651 g/mol. The molecule has 0 fully saturated rings. The summed E-state index contributed by atoms with van der Waals surface area (Å²) < 4.78 is 28.3. The van der Waals surface area contributed by atoms with Gasteiger partial charge in [-0.25, -0.2) is 9.59 Å². The maximum Gasteiger partial charge on any atom is 0.343 e. The molecule has 0 aliphatic carbocycles. The lowest BCUT2D eigenvalue weighted by molar-refractivity contribution is 0.0682. The van der Waals surface area contributed by atoms with Crippen LogP contribution in [-0.2, 0) is 6.42 Å². The first-order chi connectivity index (χ1) is 21.8. The van der Waals surface area contributed by atoms with Gasteiger partial charge >= 0.3 is 11.9 Å². The highest BCUT2D eigenvalue weighted by atomic mass is 35.5. The number of halogens is 2. The lowest BCUT2D eigenvalue weighted by atomic mass is 10.1. The van der Waals surface area contributed by atoms with E-state index in [1.807, 2.05) is 24.3 Å². The minimum absolute atomic E-state index is 0.116. The van der Waals surface area contributed by atoms with Crippen LogP contribution in [0.15, 0.2) is 84.9 Å². The second-order valence-corrected chi connectivity index (χ2v) is 10.9. The molecular formula is C35H35Cl2NO7. The van der Waals surface area contributed by atoms with Crippen molar-refractivity contribution in [3.63, 3.8) is 0 Å². The third-order valence-corrected chi connectivity index (χ3v) is 7.37. The van der Waals surface area contributed by atoms with E-state index in [4.69, 9.17) is 46.9 Å². The van der Waals surface area contributed by atoms with Crippen molar-refractivity contribution in [2.24, 2.45) is 0 Å². The van der Waals surface area contributed by atoms with E-state index in [1.165, 1.54) is 0 Å². The molecule has 4 rings (SSSR count). The van der Waals surface area contributed by atoms with Gasteiger partial charge in [-0.15, -0.1) is 0 Å². The number of ether oxygens (including phenoxy) is 5. The maximum absolute atomic E-state index is 13.0. The molecule has 0 unspecified atom stereocenters. The molecule has 0 saturated heterocycles. The molecule has 4 aromatic rings. The van der Waals surface area contributed by atoms with E-state index in [-0.39, 0.29) is 11.5 Å². The standard InChI is InChI=1S/C35H35Cl2NO7/c1-4-19-38(21-22-43-33-30(41-2)6-5-7-31(33)42-3)20-18-24-8-17-29(44-34(39)25-9-13-27(36)14-10-25)32(23-24)45-35(40)26-11-15-28(37)16-12-26/h5-17,23H,4,18-22H2,1-3H3. The van der Waals surface area contributed by atoms with Crippen LogP contribution in [0.1, 0.15) is 39.6 Å². The normalized spacial score (nSPS) is 10.8. The molecule has 0 aliphatic rings. The fourth-order valence-corrected chi connectivity index (χ4v) is 4.79. The number of rotatable bonds is 15. The summed E-state index contributed by atoms with van der Waals surface area (Å²) in [6.07, 6.45) is 1.61. The summed E-state index contributed by atoms with van der Waals surface area (Å²) in [5.41, 5.74) is 1.51. The number of hydrogen-bond donors (Lipinski definition) is 0. The molecule has 0 aromatic heterocycles. The summed E-state index contributed by atoms with van der Waals surface area (Å²) in [4.78, 5) is 28.2. The van der Waals surface area contributed by atoms with E-state index in [9.17, 15) is 9.59 Å². The molecular weight excluding hydrogens is 617 g/mol. The molecule has 0 N–H and O–H groups in total. The van der Waals surface area contributed by atoms with E-state index in [2.05, 4.69) is 11.8 Å². The minimum Gasteiger partial charge on any atom is -0.493 e. The Hall–Kier alpha value is -4.24. The van der Waals surface area contributed by atoms with Crippen LogP contribution in [0.2, 0.25) is 10.0 Å². The molecule has 0 spiro atoms. The Morgan fingerprint density at radius 3 is 1.76 bits per heavy atom. The van der Waals surface area contributed by atoms with Crippen LogP contribution in [0.5, 0.6) is 28.7 Å². The van der Waals surface area contributed by atoms with Gasteiger partial charge in [-0.1, -0.05) is 42.3 Å². The van der Waals surface area contributed by atoms with Gasteiger partial charge in [-0.2, -0.15) is 0 Å². The molecule has 0 heterocycles. The molecule has 0 bridgehead atoms. The van der Waals surface area contributed by atoms with Crippen molar-refractivity contribution in [3.05, 3.63) is 112 Å². The minimum atomic E-state index is -0.607. The molecule has 0 amide bonds. The molecule has 10 heteroatoms. The number of benzene rings is 4. The van der Waals surface area contributed by atoms with Crippen molar-refractivity contribution >= 4 is 35.1 Å². The predicted octanol–water partition coefficient (Wildman–Crippen LogP) is 7.78. The van der Waals surface area contributed by atoms with Crippen molar-refractivity contribution in [2.75, 3.05) is 40.5 Å². The topological polar surface area (TPSA) is 83.5 Å². The van der Waals surface area contributed by atoms with Crippen molar-refractivity contribution in [1.29, 1.82) is 0 Å². The van der Waals surface area contributed by atoms with Gasteiger partial charge in [0.25, 0.3) is 0 Å². The number of carbonyl (C=O) groups is 2. The molecule has 0 aliphatic heterocycles. The molecule has 45 heavy (non-hydrogen) atoms. The molecule has 236 valence electrons. The fraction of sp³-hybridized carbons (Fsp3) is 0.257. The number of nitrogens with zero attached hydrogens (tertiary/aromatic N) is 1. The van der Waals surface area contributed by atoms with Gasteiger partial charge in [0, 0.05) is 23.1 Å². The average Bonchev–Trinajstić information content (AvgIpc) is 3.05. The highest BCUT2D eigenvalue weighted by molar-refractivity contribution is 6.31. The zero-order valence-electron chi connectivity index (χ0n) is 25.4. The van der Waals surface area contributed by atoms with Crippen LogP contribution in [0.3, 0.4) is 0 Å². The summed E-state index contributed by atoms with van der Waals surface area (Å²) in [5.74, 6) is 0.805. The quantitative estimate of drug-likeness (QED) is 0.0952. The van der Waals surface area contributed by atoms with Gasteiger partial charge in [-0.05, 0) is 97.7 Å².